The number of benzene rings is 1. The quantitative estimate of drug-likeness (QED) is 0.339. The van der Waals surface area contributed by atoms with Crippen LogP contribution in [-0.2, 0) is 0 Å². The zero-order valence-corrected chi connectivity index (χ0v) is 15.6. The molecule has 0 aliphatic carbocycles. The van der Waals surface area contributed by atoms with Crippen LogP contribution in [0.3, 0.4) is 0 Å². The average Bonchev–Trinajstić information content (AvgIpc) is 2.92. The maximum absolute atomic E-state index is 5.88. The molecule has 0 atom stereocenters. The maximum Gasteiger partial charge on any atom is 0.211 e. The van der Waals surface area contributed by atoms with Gasteiger partial charge in [-0.05, 0) is 39.8 Å². The zero-order chi connectivity index (χ0) is 18.6. The monoisotopic (exact) mass is 354 g/mol. The van der Waals surface area contributed by atoms with E-state index in [0.717, 1.165) is 32.4 Å². The molecule has 0 amide bonds. The molecule has 0 saturated carbocycles. The van der Waals surface area contributed by atoms with Crippen LogP contribution in [0.1, 0.15) is 36.9 Å². The summed E-state index contributed by atoms with van der Waals surface area (Å²) in [6.45, 7) is 7.54. The van der Waals surface area contributed by atoms with Gasteiger partial charge >= 0.3 is 0 Å². The topological polar surface area (TPSA) is 116 Å². The first-order valence-corrected chi connectivity index (χ1v) is 8.51. The molecule has 0 radical (unpaired) electrons. The zero-order valence-electron chi connectivity index (χ0n) is 14.8. The first-order chi connectivity index (χ1) is 11.7. The highest BCUT2D eigenvalue weighted by Gasteiger charge is 2.12. The van der Waals surface area contributed by atoms with Gasteiger partial charge in [0.1, 0.15) is 5.01 Å². The summed E-state index contributed by atoms with van der Waals surface area (Å²) >= 11 is 1.55. The third kappa shape index (κ3) is 5.41. The van der Waals surface area contributed by atoms with Gasteiger partial charge in [-0.25, -0.2) is 4.98 Å². The summed E-state index contributed by atoms with van der Waals surface area (Å²) in [5.41, 5.74) is 19.5. The molecular weight excluding hydrogens is 332 g/mol. The van der Waals surface area contributed by atoms with Crippen molar-refractivity contribution in [3.8, 4) is 22.4 Å². The van der Waals surface area contributed by atoms with Crippen LogP contribution < -0.4 is 17.2 Å². The molecule has 1 heterocycles. The van der Waals surface area contributed by atoms with Crippen molar-refractivity contribution in [1.82, 2.24) is 4.98 Å². The number of aromatic nitrogens is 1. The molecule has 6 N–H and O–H groups in total. The molecule has 25 heavy (non-hydrogen) atoms. The van der Waals surface area contributed by atoms with Crippen molar-refractivity contribution in [2.75, 3.05) is 0 Å². The van der Waals surface area contributed by atoms with Gasteiger partial charge in [0.2, 0.25) is 5.96 Å². The normalized spacial score (nSPS) is 11.6. The smallest absolute Gasteiger partial charge is 0.211 e. The lowest BCUT2D eigenvalue weighted by Gasteiger charge is -2.07. The third-order valence-corrected chi connectivity index (χ3v) is 4.42. The van der Waals surface area contributed by atoms with Crippen molar-refractivity contribution in [3.05, 3.63) is 40.4 Å². The highest BCUT2D eigenvalue weighted by atomic mass is 32.1. The molecule has 6 nitrogen and oxygen atoms in total. The Morgan fingerprint density at radius 1 is 1.16 bits per heavy atom. The summed E-state index contributed by atoms with van der Waals surface area (Å²) in [5, 5.41) is 8.62. The largest absolute Gasteiger partial charge is 0.369 e. The Morgan fingerprint density at radius 3 is 2.36 bits per heavy atom. The van der Waals surface area contributed by atoms with E-state index in [1.165, 1.54) is 0 Å². The standard InChI is InChI=1S/C18H22N6S/c1-11-15(12(2)23-24-17(19)20)25-16(22-11)14-7-5-13(6-8-14)9-10-18(3,4)21/h5-8H,21H2,1-4H3,(H4,19,20,24)/b23-12+. The number of aryl methyl sites for hydroxylation is 1. The van der Waals surface area contributed by atoms with Crippen molar-refractivity contribution >= 4 is 23.0 Å². The Balaban J connectivity index is 2.28. The molecule has 2 aromatic rings. The Hall–Kier alpha value is -2.69. The lowest BCUT2D eigenvalue weighted by atomic mass is 10.1. The fourth-order valence-corrected chi connectivity index (χ4v) is 2.97. The second kappa shape index (κ2) is 7.47. The van der Waals surface area contributed by atoms with E-state index in [4.69, 9.17) is 17.2 Å². The maximum atomic E-state index is 5.88. The number of guanidine groups is 1. The van der Waals surface area contributed by atoms with Gasteiger partial charge in [0.25, 0.3) is 0 Å². The SMILES string of the molecule is C/C(=N\N=C(N)N)c1sc(-c2ccc(C#CC(C)(C)N)cc2)nc1C. The lowest BCUT2D eigenvalue weighted by molar-refractivity contribution is 0.680. The minimum Gasteiger partial charge on any atom is -0.369 e. The molecule has 0 aliphatic heterocycles. The van der Waals surface area contributed by atoms with Gasteiger partial charge in [-0.3, -0.25) is 0 Å². The molecule has 2 rings (SSSR count). The van der Waals surface area contributed by atoms with E-state index in [1.54, 1.807) is 11.3 Å². The van der Waals surface area contributed by atoms with Crippen molar-refractivity contribution < 1.29 is 0 Å². The number of rotatable bonds is 3. The molecular formula is C18H22N6S. The molecule has 1 aromatic carbocycles. The Labute approximate surface area is 151 Å². The van der Waals surface area contributed by atoms with E-state index in [1.807, 2.05) is 52.0 Å². The van der Waals surface area contributed by atoms with Gasteiger partial charge in [-0.15, -0.1) is 16.4 Å². The van der Waals surface area contributed by atoms with Crippen LogP contribution in [0.25, 0.3) is 10.6 Å². The van der Waals surface area contributed by atoms with Crippen molar-refractivity contribution in [3.63, 3.8) is 0 Å². The lowest BCUT2D eigenvalue weighted by Crippen LogP contribution is -2.29. The number of hydrogen-bond acceptors (Lipinski definition) is 5. The van der Waals surface area contributed by atoms with Crippen LogP contribution in [0, 0.1) is 18.8 Å². The summed E-state index contributed by atoms with van der Waals surface area (Å²) in [5.74, 6) is 6.02. The van der Waals surface area contributed by atoms with Crippen LogP contribution in [0.5, 0.6) is 0 Å². The van der Waals surface area contributed by atoms with Crippen molar-refractivity contribution in [2.45, 2.75) is 33.2 Å². The molecule has 0 fully saturated rings. The van der Waals surface area contributed by atoms with Gasteiger partial charge in [0.15, 0.2) is 0 Å². The van der Waals surface area contributed by atoms with Crippen molar-refractivity contribution in [1.29, 1.82) is 0 Å². The number of nitrogens with zero attached hydrogens (tertiary/aromatic N) is 3. The van der Waals surface area contributed by atoms with Gasteiger partial charge in [0, 0.05) is 11.1 Å². The van der Waals surface area contributed by atoms with E-state index in [-0.39, 0.29) is 5.96 Å². The first-order valence-electron chi connectivity index (χ1n) is 7.69. The van der Waals surface area contributed by atoms with E-state index in [2.05, 4.69) is 27.0 Å². The Bertz CT molecular complexity index is 869. The van der Waals surface area contributed by atoms with Gasteiger partial charge < -0.3 is 17.2 Å². The van der Waals surface area contributed by atoms with E-state index in [9.17, 15) is 0 Å². The van der Waals surface area contributed by atoms with E-state index in [0.29, 0.717) is 0 Å². The van der Waals surface area contributed by atoms with Crippen LogP contribution in [0.2, 0.25) is 0 Å². The van der Waals surface area contributed by atoms with Gasteiger partial charge in [0.05, 0.1) is 21.8 Å². The molecule has 0 aliphatic rings. The first kappa shape index (κ1) is 18.6. The van der Waals surface area contributed by atoms with Crippen LogP contribution in [-0.4, -0.2) is 22.2 Å². The number of nitrogens with two attached hydrogens (primary N) is 3. The fourth-order valence-electron chi connectivity index (χ4n) is 1.96. The molecule has 0 spiro atoms. The minimum absolute atomic E-state index is 0.0703. The summed E-state index contributed by atoms with van der Waals surface area (Å²) < 4.78 is 0. The Kier molecular flexibility index (Phi) is 5.57. The highest BCUT2D eigenvalue weighted by Crippen LogP contribution is 2.28. The fraction of sp³-hybridized carbons (Fsp3) is 0.278. The summed E-state index contributed by atoms with van der Waals surface area (Å²) in [7, 11) is 0. The minimum atomic E-state index is -0.508. The molecule has 0 saturated heterocycles. The van der Waals surface area contributed by atoms with Gasteiger partial charge in [-0.2, -0.15) is 5.10 Å². The number of hydrogen-bond donors (Lipinski definition) is 3. The molecule has 0 unspecified atom stereocenters. The average molecular weight is 354 g/mol. The summed E-state index contributed by atoms with van der Waals surface area (Å²) in [6.07, 6.45) is 0. The Morgan fingerprint density at radius 2 is 1.80 bits per heavy atom. The van der Waals surface area contributed by atoms with Crippen LogP contribution >= 0.6 is 11.3 Å². The van der Waals surface area contributed by atoms with Crippen LogP contribution in [0.4, 0.5) is 0 Å². The highest BCUT2D eigenvalue weighted by molar-refractivity contribution is 7.17. The van der Waals surface area contributed by atoms with Crippen molar-refractivity contribution in [2.24, 2.45) is 27.4 Å². The predicted octanol–water partition coefficient (Wildman–Crippen LogP) is 2.20. The molecule has 7 heteroatoms. The molecule has 1 aromatic heterocycles. The second-order valence-electron chi connectivity index (χ2n) is 6.19. The number of thiazole rings is 1. The van der Waals surface area contributed by atoms with E-state index < -0.39 is 5.54 Å². The predicted molar refractivity (Wildman–Crippen MR) is 105 cm³/mol. The van der Waals surface area contributed by atoms with E-state index >= 15 is 0 Å². The molecule has 130 valence electrons. The van der Waals surface area contributed by atoms with Gasteiger partial charge in [-0.1, -0.05) is 24.0 Å². The van der Waals surface area contributed by atoms with Crippen LogP contribution in [0.15, 0.2) is 34.5 Å². The summed E-state index contributed by atoms with van der Waals surface area (Å²) in [4.78, 5) is 5.57. The third-order valence-electron chi connectivity index (χ3n) is 3.10. The summed E-state index contributed by atoms with van der Waals surface area (Å²) in [6, 6.07) is 7.92. The second-order valence-corrected chi connectivity index (χ2v) is 7.19. The molecule has 0 bridgehead atoms.